The fourth-order valence-electron chi connectivity index (χ4n) is 1.46. The van der Waals surface area contributed by atoms with Gasteiger partial charge in [0.25, 0.3) is 0 Å². The highest BCUT2D eigenvalue weighted by Crippen LogP contribution is 2.22. The van der Waals surface area contributed by atoms with Crippen molar-refractivity contribution >= 4 is 5.97 Å². The highest BCUT2D eigenvalue weighted by molar-refractivity contribution is 5.89. The van der Waals surface area contributed by atoms with Crippen molar-refractivity contribution < 1.29 is 19.7 Å². The molecule has 0 atom stereocenters. The fraction of sp³-hybridized carbons (Fsp3) is 0.500. The first-order valence-electron chi connectivity index (χ1n) is 5.91. The van der Waals surface area contributed by atoms with E-state index in [0.29, 0.717) is 5.56 Å². The summed E-state index contributed by atoms with van der Waals surface area (Å²) < 4.78 is 4.92. The third kappa shape index (κ3) is 3.82. The molecular weight excluding hydrogens is 232 g/mol. The summed E-state index contributed by atoms with van der Waals surface area (Å²) in [5.74, 6) is -0.538. The molecule has 0 saturated carbocycles. The lowest BCUT2D eigenvalue weighted by Gasteiger charge is -2.19. The Bertz CT molecular complexity index is 385. The lowest BCUT2D eigenvalue weighted by molar-refractivity contribution is -0.00545. The molecule has 4 heteroatoms. The first kappa shape index (κ1) is 14.7. The molecule has 18 heavy (non-hydrogen) atoms. The molecule has 0 amide bonds. The molecule has 0 aliphatic heterocycles. The smallest absolute Gasteiger partial charge is 0.338 e. The number of hydrogen-bond acceptors (Lipinski definition) is 4. The molecule has 0 aliphatic carbocycles. The Balaban J connectivity index is 2.76. The topological polar surface area (TPSA) is 66.8 Å². The number of esters is 1. The molecule has 0 fully saturated rings. The minimum atomic E-state index is -0.861. The summed E-state index contributed by atoms with van der Waals surface area (Å²) >= 11 is 0. The number of ether oxygens (including phenoxy) is 1. The van der Waals surface area contributed by atoms with Crippen molar-refractivity contribution in [2.24, 2.45) is 0 Å². The second-order valence-electron chi connectivity index (χ2n) is 5.22. The summed E-state index contributed by atoms with van der Waals surface area (Å²) in [5.41, 5.74) is 1.57. The first-order valence-corrected chi connectivity index (χ1v) is 5.91. The summed E-state index contributed by atoms with van der Waals surface area (Å²) in [5, 5.41) is 17.7. The van der Waals surface area contributed by atoms with Gasteiger partial charge in [0.15, 0.2) is 0 Å². The van der Waals surface area contributed by atoms with Crippen molar-refractivity contribution in [3.63, 3.8) is 0 Å². The number of hydrogen-bond donors (Lipinski definition) is 2. The second-order valence-corrected chi connectivity index (χ2v) is 5.22. The van der Waals surface area contributed by atoms with Crippen molar-refractivity contribution in [2.45, 2.75) is 32.3 Å². The van der Waals surface area contributed by atoms with Crippen molar-refractivity contribution in [2.75, 3.05) is 13.2 Å². The SMILES string of the molecule is CC(C)(C)c1ccc(C(=O)OC(CO)CO)cc1. The highest BCUT2D eigenvalue weighted by atomic mass is 16.6. The van der Waals surface area contributed by atoms with Crippen molar-refractivity contribution in [1.29, 1.82) is 0 Å². The van der Waals surface area contributed by atoms with Crippen LogP contribution in [0.4, 0.5) is 0 Å². The molecule has 0 spiro atoms. The average molecular weight is 252 g/mol. The van der Waals surface area contributed by atoms with Crippen molar-refractivity contribution in [3.05, 3.63) is 35.4 Å². The maximum absolute atomic E-state index is 11.7. The zero-order valence-electron chi connectivity index (χ0n) is 11.0. The van der Waals surface area contributed by atoms with Crippen LogP contribution in [0.2, 0.25) is 0 Å². The van der Waals surface area contributed by atoms with Crippen LogP contribution in [-0.2, 0) is 10.2 Å². The van der Waals surface area contributed by atoms with E-state index >= 15 is 0 Å². The molecule has 0 heterocycles. The van der Waals surface area contributed by atoms with E-state index in [1.54, 1.807) is 12.1 Å². The molecule has 0 saturated heterocycles. The Kier molecular flexibility index (Phi) is 4.87. The lowest BCUT2D eigenvalue weighted by Crippen LogP contribution is -2.25. The van der Waals surface area contributed by atoms with E-state index in [1.807, 2.05) is 12.1 Å². The van der Waals surface area contributed by atoms with Gasteiger partial charge in [-0.25, -0.2) is 4.79 Å². The van der Waals surface area contributed by atoms with Crippen LogP contribution in [0.5, 0.6) is 0 Å². The van der Waals surface area contributed by atoms with Gasteiger partial charge >= 0.3 is 5.97 Å². The zero-order valence-corrected chi connectivity index (χ0v) is 11.0. The van der Waals surface area contributed by atoms with Gasteiger partial charge in [0.2, 0.25) is 0 Å². The summed E-state index contributed by atoms with van der Waals surface area (Å²) in [6, 6.07) is 7.14. The van der Waals surface area contributed by atoms with E-state index < -0.39 is 12.1 Å². The van der Waals surface area contributed by atoms with Gasteiger partial charge in [-0.15, -0.1) is 0 Å². The van der Waals surface area contributed by atoms with Gasteiger partial charge in [-0.3, -0.25) is 0 Å². The Morgan fingerprint density at radius 2 is 1.67 bits per heavy atom. The third-order valence-corrected chi connectivity index (χ3v) is 2.67. The standard InChI is InChI=1S/C14H20O4/c1-14(2,3)11-6-4-10(5-7-11)13(17)18-12(8-15)9-16/h4-7,12,15-16H,8-9H2,1-3H3. The van der Waals surface area contributed by atoms with Crippen LogP contribution in [0.3, 0.4) is 0 Å². The summed E-state index contributed by atoms with van der Waals surface area (Å²) in [6.07, 6.45) is -0.861. The van der Waals surface area contributed by atoms with E-state index in [4.69, 9.17) is 14.9 Å². The van der Waals surface area contributed by atoms with Gasteiger partial charge in [0, 0.05) is 0 Å². The predicted octanol–water partition coefficient (Wildman–Crippen LogP) is 1.49. The zero-order chi connectivity index (χ0) is 13.8. The third-order valence-electron chi connectivity index (χ3n) is 2.67. The normalized spacial score (nSPS) is 11.7. The van der Waals surface area contributed by atoms with E-state index in [-0.39, 0.29) is 18.6 Å². The minimum absolute atomic E-state index is 0.0289. The molecule has 0 bridgehead atoms. The average Bonchev–Trinajstić information content (AvgIpc) is 2.34. The molecule has 0 radical (unpaired) electrons. The number of carbonyl (C=O) groups is 1. The lowest BCUT2D eigenvalue weighted by atomic mass is 9.87. The van der Waals surface area contributed by atoms with Gasteiger partial charge < -0.3 is 14.9 Å². The molecule has 0 aromatic heterocycles. The van der Waals surface area contributed by atoms with Gasteiger partial charge in [0.05, 0.1) is 18.8 Å². The predicted molar refractivity (Wildman–Crippen MR) is 68.5 cm³/mol. The molecule has 2 N–H and O–H groups in total. The van der Waals surface area contributed by atoms with Crippen LogP contribution < -0.4 is 0 Å². The van der Waals surface area contributed by atoms with Crippen LogP contribution >= 0.6 is 0 Å². The maximum atomic E-state index is 11.7. The van der Waals surface area contributed by atoms with Gasteiger partial charge in [-0.1, -0.05) is 32.9 Å². The van der Waals surface area contributed by atoms with Crippen LogP contribution in [0.15, 0.2) is 24.3 Å². The van der Waals surface area contributed by atoms with E-state index in [1.165, 1.54) is 0 Å². The molecule has 4 nitrogen and oxygen atoms in total. The van der Waals surface area contributed by atoms with Gasteiger partial charge in [-0.2, -0.15) is 0 Å². The molecule has 0 aliphatic rings. The van der Waals surface area contributed by atoms with Crippen LogP contribution in [0.25, 0.3) is 0 Å². The van der Waals surface area contributed by atoms with Gasteiger partial charge in [-0.05, 0) is 23.1 Å². The van der Waals surface area contributed by atoms with E-state index in [9.17, 15) is 4.79 Å². The largest absolute Gasteiger partial charge is 0.454 e. The minimum Gasteiger partial charge on any atom is -0.454 e. The fourth-order valence-corrected chi connectivity index (χ4v) is 1.46. The number of carbonyl (C=O) groups excluding carboxylic acids is 1. The maximum Gasteiger partial charge on any atom is 0.338 e. The Morgan fingerprint density at radius 1 is 1.17 bits per heavy atom. The summed E-state index contributed by atoms with van der Waals surface area (Å²) in [7, 11) is 0. The number of rotatable bonds is 4. The Hall–Kier alpha value is -1.39. The summed E-state index contributed by atoms with van der Waals surface area (Å²) in [4.78, 5) is 11.7. The highest BCUT2D eigenvalue weighted by Gasteiger charge is 2.17. The Labute approximate surface area is 107 Å². The van der Waals surface area contributed by atoms with Crippen molar-refractivity contribution in [1.82, 2.24) is 0 Å². The second kappa shape index (κ2) is 5.98. The number of aliphatic hydroxyl groups excluding tert-OH is 2. The van der Waals surface area contributed by atoms with E-state index in [2.05, 4.69) is 20.8 Å². The Morgan fingerprint density at radius 3 is 2.06 bits per heavy atom. The molecule has 1 aromatic rings. The van der Waals surface area contributed by atoms with Crippen LogP contribution in [0, 0.1) is 0 Å². The van der Waals surface area contributed by atoms with Crippen LogP contribution in [-0.4, -0.2) is 35.5 Å². The molecule has 1 aromatic carbocycles. The summed E-state index contributed by atoms with van der Waals surface area (Å²) in [6.45, 7) is 5.50. The first-order chi connectivity index (χ1) is 8.38. The molecular formula is C14H20O4. The number of aliphatic hydroxyl groups is 2. The molecule has 0 unspecified atom stereocenters. The van der Waals surface area contributed by atoms with Gasteiger partial charge in [0.1, 0.15) is 6.10 Å². The van der Waals surface area contributed by atoms with Crippen molar-refractivity contribution in [3.8, 4) is 0 Å². The van der Waals surface area contributed by atoms with E-state index in [0.717, 1.165) is 5.56 Å². The molecule has 100 valence electrons. The van der Waals surface area contributed by atoms with Crippen LogP contribution in [0.1, 0.15) is 36.7 Å². The molecule has 1 rings (SSSR count). The number of benzene rings is 1. The monoisotopic (exact) mass is 252 g/mol. The quantitative estimate of drug-likeness (QED) is 0.797.